The van der Waals surface area contributed by atoms with Crippen molar-refractivity contribution in [1.82, 2.24) is 34.4 Å². The van der Waals surface area contributed by atoms with E-state index < -0.39 is 21.7 Å². The van der Waals surface area contributed by atoms with Gasteiger partial charge in [-0.05, 0) is 89.4 Å². The molecule has 0 atom stereocenters. The number of carbonyl (C=O) groups is 2. The molecule has 2 amide bonds. The summed E-state index contributed by atoms with van der Waals surface area (Å²) >= 11 is 0. The van der Waals surface area contributed by atoms with Crippen molar-refractivity contribution in [3.8, 4) is 11.3 Å². The van der Waals surface area contributed by atoms with Crippen LogP contribution in [0.2, 0.25) is 0 Å². The van der Waals surface area contributed by atoms with Gasteiger partial charge in [0, 0.05) is 54.2 Å². The molecule has 0 saturated heterocycles. The Morgan fingerprint density at radius 1 is 0.882 bits per heavy atom. The Morgan fingerprint density at radius 3 is 2.24 bits per heavy atom. The van der Waals surface area contributed by atoms with E-state index in [1.54, 1.807) is 60.8 Å². The van der Waals surface area contributed by atoms with Crippen LogP contribution < -0.4 is 16.0 Å². The number of nitrogens with zero attached hydrogens (tertiary/aromatic N) is 5. The van der Waals surface area contributed by atoms with E-state index in [2.05, 4.69) is 33.0 Å². The number of hydrogen-bond acceptors (Lipinski definition) is 9. The zero-order valence-electron chi connectivity index (χ0n) is 29.8. The van der Waals surface area contributed by atoms with Gasteiger partial charge >= 0.3 is 6.09 Å². The van der Waals surface area contributed by atoms with E-state index in [-0.39, 0.29) is 22.4 Å². The minimum absolute atomic E-state index is 0.150. The highest BCUT2D eigenvalue weighted by Crippen LogP contribution is 2.31. The maximum absolute atomic E-state index is 13.8. The summed E-state index contributed by atoms with van der Waals surface area (Å²) < 4.78 is 35.7. The second-order valence-electron chi connectivity index (χ2n) is 13.4. The van der Waals surface area contributed by atoms with Crippen molar-refractivity contribution in [2.75, 3.05) is 18.4 Å². The van der Waals surface area contributed by atoms with Crippen molar-refractivity contribution >= 4 is 44.7 Å². The van der Waals surface area contributed by atoms with E-state index in [0.29, 0.717) is 35.4 Å². The Morgan fingerprint density at radius 2 is 1.57 bits per heavy atom. The number of amides is 2. The van der Waals surface area contributed by atoms with Crippen molar-refractivity contribution < 1.29 is 22.7 Å². The standard InChI is InChI=1S/C37H46N8O5S/c1-6-22-44-25-28(24-40-44)32-31-19-23-45(51(48,49)30-17-11-26(2)12-18-30)33(31)43-35(42-32)41-29-15-13-27(14-16-29)34(46)38-20-9-7-8-10-21-39-36(47)50-37(3,4)5/h11-19,23-25H,6-10,20-22H2,1-5H3,(H,38,46)(H,39,47)(H,41,42,43). The van der Waals surface area contributed by atoms with Gasteiger partial charge in [-0.2, -0.15) is 10.1 Å². The first-order chi connectivity index (χ1) is 24.3. The molecule has 0 spiro atoms. The van der Waals surface area contributed by atoms with Gasteiger partial charge in [0.2, 0.25) is 5.95 Å². The Bertz CT molecular complexity index is 2060. The Balaban J connectivity index is 1.25. The number of unbranched alkanes of at least 4 members (excludes halogenated alkanes) is 3. The van der Waals surface area contributed by atoms with Crippen molar-refractivity contribution in [2.45, 2.75) is 83.8 Å². The van der Waals surface area contributed by atoms with Crippen LogP contribution in [0.25, 0.3) is 22.3 Å². The van der Waals surface area contributed by atoms with Gasteiger partial charge in [0.1, 0.15) is 5.60 Å². The van der Waals surface area contributed by atoms with Gasteiger partial charge in [-0.15, -0.1) is 0 Å². The van der Waals surface area contributed by atoms with Crippen molar-refractivity contribution in [3.05, 3.63) is 84.3 Å². The summed E-state index contributed by atoms with van der Waals surface area (Å²) in [5.41, 5.74) is 3.05. The fourth-order valence-corrected chi connectivity index (χ4v) is 6.66. The molecule has 13 nitrogen and oxygen atoms in total. The molecule has 0 unspecified atom stereocenters. The lowest BCUT2D eigenvalue weighted by Gasteiger charge is -2.19. The fraction of sp³-hybridized carbons (Fsp3) is 0.378. The van der Waals surface area contributed by atoms with Gasteiger partial charge in [0.25, 0.3) is 15.9 Å². The Labute approximate surface area is 298 Å². The normalized spacial score (nSPS) is 11.8. The number of aromatic nitrogens is 5. The maximum Gasteiger partial charge on any atom is 0.407 e. The van der Waals surface area contributed by atoms with Gasteiger partial charge in [0.15, 0.2) is 5.65 Å². The van der Waals surface area contributed by atoms with E-state index in [1.807, 2.05) is 38.6 Å². The zero-order chi connectivity index (χ0) is 36.6. The average molecular weight is 715 g/mol. The van der Waals surface area contributed by atoms with Crippen molar-refractivity contribution in [1.29, 1.82) is 0 Å². The summed E-state index contributed by atoms with van der Waals surface area (Å²) in [6, 6.07) is 15.3. The van der Waals surface area contributed by atoms with E-state index in [1.165, 1.54) is 10.2 Å². The number of ether oxygens (including phenoxy) is 1. The quantitative estimate of drug-likeness (QED) is 0.0990. The Kier molecular flexibility index (Phi) is 11.8. The predicted molar refractivity (Wildman–Crippen MR) is 198 cm³/mol. The molecule has 3 heterocycles. The van der Waals surface area contributed by atoms with Gasteiger partial charge in [-0.3, -0.25) is 9.48 Å². The summed E-state index contributed by atoms with van der Waals surface area (Å²) in [6.45, 7) is 11.3. The molecule has 0 saturated carbocycles. The molecule has 3 N–H and O–H groups in total. The summed E-state index contributed by atoms with van der Waals surface area (Å²) in [5, 5.41) is 13.9. The number of anilines is 2. The number of aryl methyl sites for hydroxylation is 2. The van der Waals surface area contributed by atoms with Crippen LogP contribution in [0.3, 0.4) is 0 Å². The molecule has 0 aliphatic carbocycles. The molecule has 51 heavy (non-hydrogen) atoms. The lowest BCUT2D eigenvalue weighted by molar-refractivity contribution is 0.0526. The number of fused-ring (bicyclic) bond motifs is 1. The SMILES string of the molecule is CCCn1cc(-c2nc(Nc3ccc(C(=O)NCCCCCCNC(=O)OC(C)(C)C)cc3)nc3c2ccn3S(=O)(=O)c2ccc(C)cc2)cn1. The molecule has 0 radical (unpaired) electrons. The van der Waals surface area contributed by atoms with Crippen LogP contribution in [0.15, 0.2) is 78.1 Å². The molecule has 5 aromatic rings. The van der Waals surface area contributed by atoms with Crippen LogP contribution in [-0.4, -0.2) is 62.8 Å². The monoisotopic (exact) mass is 714 g/mol. The molecule has 2 aromatic carbocycles. The lowest BCUT2D eigenvalue weighted by atomic mass is 10.1. The number of hydrogen-bond donors (Lipinski definition) is 3. The van der Waals surface area contributed by atoms with Crippen LogP contribution in [0.1, 0.15) is 75.7 Å². The zero-order valence-corrected chi connectivity index (χ0v) is 30.6. The molecule has 0 fully saturated rings. The minimum Gasteiger partial charge on any atom is -0.444 e. The molecule has 0 aliphatic rings. The van der Waals surface area contributed by atoms with Gasteiger partial charge in [0.05, 0.1) is 16.8 Å². The highest BCUT2D eigenvalue weighted by atomic mass is 32.2. The second kappa shape index (κ2) is 16.2. The summed E-state index contributed by atoms with van der Waals surface area (Å²) in [7, 11) is -3.96. The molecule has 3 aromatic heterocycles. The number of alkyl carbamates (subject to hydrolysis) is 1. The predicted octanol–water partition coefficient (Wildman–Crippen LogP) is 6.81. The molecule has 5 rings (SSSR count). The topological polar surface area (TPSA) is 162 Å². The summed E-state index contributed by atoms with van der Waals surface area (Å²) in [5.74, 6) is 0.00891. The highest BCUT2D eigenvalue weighted by molar-refractivity contribution is 7.90. The van der Waals surface area contributed by atoms with Crippen LogP contribution in [-0.2, 0) is 21.3 Å². The highest BCUT2D eigenvalue weighted by Gasteiger charge is 2.23. The van der Waals surface area contributed by atoms with Crippen molar-refractivity contribution in [3.63, 3.8) is 0 Å². The molecule has 270 valence electrons. The third kappa shape index (κ3) is 9.72. The minimum atomic E-state index is -3.96. The molecule has 14 heteroatoms. The van der Waals surface area contributed by atoms with E-state index in [9.17, 15) is 18.0 Å². The summed E-state index contributed by atoms with van der Waals surface area (Å²) in [4.78, 5) is 34.1. The molecular weight excluding hydrogens is 669 g/mol. The van der Waals surface area contributed by atoms with Crippen LogP contribution in [0, 0.1) is 6.92 Å². The van der Waals surface area contributed by atoms with Crippen LogP contribution in [0.4, 0.5) is 16.4 Å². The largest absolute Gasteiger partial charge is 0.444 e. The summed E-state index contributed by atoms with van der Waals surface area (Å²) in [6.07, 6.45) is 9.08. The number of carbonyl (C=O) groups excluding carboxylic acids is 2. The first kappa shape index (κ1) is 37.0. The van der Waals surface area contributed by atoms with E-state index in [0.717, 1.165) is 49.8 Å². The number of rotatable bonds is 15. The van der Waals surface area contributed by atoms with Gasteiger partial charge < -0.3 is 20.7 Å². The molecule has 0 bridgehead atoms. The smallest absolute Gasteiger partial charge is 0.407 e. The first-order valence-corrected chi connectivity index (χ1v) is 18.6. The Hall–Kier alpha value is -5.24. The molecular formula is C37H46N8O5S. The average Bonchev–Trinajstić information content (AvgIpc) is 3.73. The van der Waals surface area contributed by atoms with Crippen molar-refractivity contribution in [2.24, 2.45) is 0 Å². The molecule has 0 aliphatic heterocycles. The van der Waals surface area contributed by atoms with Crippen LogP contribution >= 0.6 is 0 Å². The third-order valence-corrected chi connectivity index (χ3v) is 9.59. The second-order valence-corrected chi connectivity index (χ2v) is 15.2. The first-order valence-electron chi connectivity index (χ1n) is 17.2. The van der Waals surface area contributed by atoms with E-state index in [4.69, 9.17) is 9.72 Å². The number of benzene rings is 2. The van der Waals surface area contributed by atoms with Crippen LogP contribution in [0.5, 0.6) is 0 Å². The lowest BCUT2D eigenvalue weighted by Crippen LogP contribution is -2.33. The third-order valence-electron chi connectivity index (χ3n) is 7.91. The van der Waals surface area contributed by atoms with Gasteiger partial charge in [-0.1, -0.05) is 37.5 Å². The maximum atomic E-state index is 13.8. The number of nitrogens with one attached hydrogen (secondary N) is 3. The van der Waals surface area contributed by atoms with E-state index >= 15 is 0 Å². The fourth-order valence-electron chi connectivity index (χ4n) is 5.37. The van der Waals surface area contributed by atoms with Gasteiger partial charge in [-0.25, -0.2) is 22.2 Å².